The maximum absolute atomic E-state index is 4.76. The molecule has 0 aliphatic rings. The monoisotopic (exact) mass is 372 g/mol. The van der Waals surface area contributed by atoms with Crippen LogP contribution in [0, 0.1) is 13.8 Å². The molecule has 0 fully saturated rings. The van der Waals surface area contributed by atoms with Crippen LogP contribution < -0.4 is 0 Å². The Morgan fingerprint density at radius 3 is 2.54 bits per heavy atom. The predicted molar refractivity (Wildman–Crippen MR) is 109 cm³/mol. The highest BCUT2D eigenvalue weighted by Crippen LogP contribution is 2.27. The van der Waals surface area contributed by atoms with Gasteiger partial charge in [-0.05, 0) is 32.9 Å². The molecule has 0 saturated heterocycles. The molecule has 0 amide bonds. The van der Waals surface area contributed by atoms with E-state index in [-0.39, 0.29) is 6.04 Å². The van der Waals surface area contributed by atoms with Crippen LogP contribution in [0.1, 0.15) is 35.7 Å². The molecule has 4 aromatic rings. The van der Waals surface area contributed by atoms with Crippen LogP contribution in [0.2, 0.25) is 0 Å². The van der Waals surface area contributed by atoms with Crippen molar-refractivity contribution in [1.82, 2.24) is 29.3 Å². The smallest absolute Gasteiger partial charge is 0.115 e. The molecule has 0 bridgehead atoms. The van der Waals surface area contributed by atoms with Crippen molar-refractivity contribution in [2.75, 3.05) is 0 Å². The summed E-state index contributed by atoms with van der Waals surface area (Å²) < 4.78 is 4.28. The molecule has 6 heteroatoms. The number of rotatable bonds is 6. The third-order valence-corrected chi connectivity index (χ3v) is 5.06. The Balaban J connectivity index is 1.72. The average molecular weight is 372 g/mol. The van der Waals surface area contributed by atoms with E-state index < -0.39 is 0 Å². The molecule has 4 rings (SSSR count). The number of nitrogens with zero attached hydrogens (tertiary/aromatic N) is 6. The highest BCUT2D eigenvalue weighted by atomic mass is 15.3. The van der Waals surface area contributed by atoms with Gasteiger partial charge in [-0.15, -0.1) is 0 Å². The number of hydrogen-bond acceptors (Lipinski definition) is 4. The molecule has 142 valence electrons. The lowest BCUT2D eigenvalue weighted by atomic mass is 10.1. The highest BCUT2D eigenvalue weighted by Gasteiger charge is 2.19. The molecule has 0 spiro atoms. The van der Waals surface area contributed by atoms with Crippen LogP contribution in [0.3, 0.4) is 0 Å². The van der Waals surface area contributed by atoms with Crippen molar-refractivity contribution >= 4 is 0 Å². The minimum atomic E-state index is 0.0726. The molecule has 0 radical (unpaired) electrons. The summed E-state index contributed by atoms with van der Waals surface area (Å²) in [6.45, 7) is 7.08. The van der Waals surface area contributed by atoms with Crippen LogP contribution in [0.25, 0.3) is 11.3 Å². The van der Waals surface area contributed by atoms with Crippen molar-refractivity contribution in [1.29, 1.82) is 0 Å². The van der Waals surface area contributed by atoms with Crippen molar-refractivity contribution < 1.29 is 0 Å². The van der Waals surface area contributed by atoms with E-state index in [9.17, 15) is 0 Å². The Kier molecular flexibility index (Phi) is 5.02. The van der Waals surface area contributed by atoms with Gasteiger partial charge in [0, 0.05) is 36.1 Å². The van der Waals surface area contributed by atoms with E-state index in [1.54, 1.807) is 12.5 Å². The van der Waals surface area contributed by atoms with Gasteiger partial charge < -0.3 is 4.57 Å². The second-order valence-electron chi connectivity index (χ2n) is 7.02. The first-order valence-corrected chi connectivity index (χ1v) is 9.51. The summed E-state index contributed by atoms with van der Waals surface area (Å²) >= 11 is 0. The lowest BCUT2D eigenvalue weighted by Gasteiger charge is -2.17. The van der Waals surface area contributed by atoms with Crippen LogP contribution in [-0.2, 0) is 13.0 Å². The quantitative estimate of drug-likeness (QED) is 0.513. The standard InChI is InChI=1S/C22H24N6/c1-16-13-17(2)28(26-16)12-10-21-22(19-7-5-4-6-8-19)25-15-27(21)18(3)20-9-11-23-14-24-20/h4-9,11,13-15,18H,10,12H2,1-3H3/t18-/m0/s1. The van der Waals surface area contributed by atoms with Crippen molar-refractivity contribution in [3.05, 3.63) is 84.1 Å². The van der Waals surface area contributed by atoms with Gasteiger partial charge in [0.15, 0.2) is 0 Å². The largest absolute Gasteiger partial charge is 0.325 e. The van der Waals surface area contributed by atoms with E-state index in [4.69, 9.17) is 4.98 Å². The first-order valence-electron chi connectivity index (χ1n) is 9.51. The van der Waals surface area contributed by atoms with E-state index in [1.165, 1.54) is 11.4 Å². The van der Waals surface area contributed by atoms with Crippen LogP contribution in [0.5, 0.6) is 0 Å². The van der Waals surface area contributed by atoms with Crippen molar-refractivity contribution in [3.8, 4) is 11.3 Å². The zero-order valence-electron chi connectivity index (χ0n) is 16.4. The molecule has 28 heavy (non-hydrogen) atoms. The fourth-order valence-electron chi connectivity index (χ4n) is 3.61. The van der Waals surface area contributed by atoms with Crippen molar-refractivity contribution in [3.63, 3.8) is 0 Å². The lowest BCUT2D eigenvalue weighted by Crippen LogP contribution is -2.14. The van der Waals surface area contributed by atoms with E-state index in [0.29, 0.717) is 0 Å². The SMILES string of the molecule is Cc1cc(C)n(CCc2c(-c3ccccc3)ncn2[C@@H](C)c2ccncn2)n1. The van der Waals surface area contributed by atoms with Crippen LogP contribution >= 0.6 is 0 Å². The van der Waals surface area contributed by atoms with Gasteiger partial charge in [0.1, 0.15) is 6.33 Å². The Labute approximate surface area is 164 Å². The lowest BCUT2D eigenvalue weighted by molar-refractivity contribution is 0.545. The molecule has 3 aromatic heterocycles. The summed E-state index contributed by atoms with van der Waals surface area (Å²) in [4.78, 5) is 13.2. The van der Waals surface area contributed by atoms with Crippen LogP contribution in [-0.4, -0.2) is 29.3 Å². The molecule has 1 aromatic carbocycles. The predicted octanol–water partition coefficient (Wildman–Crippen LogP) is 4.01. The summed E-state index contributed by atoms with van der Waals surface area (Å²) in [5.41, 5.74) is 6.52. The van der Waals surface area contributed by atoms with Crippen LogP contribution in [0.4, 0.5) is 0 Å². The molecule has 0 aliphatic carbocycles. The van der Waals surface area contributed by atoms with E-state index >= 15 is 0 Å². The molecule has 0 aliphatic heterocycles. The second-order valence-corrected chi connectivity index (χ2v) is 7.02. The minimum Gasteiger partial charge on any atom is -0.325 e. The van der Waals surface area contributed by atoms with Gasteiger partial charge in [-0.1, -0.05) is 30.3 Å². The Bertz CT molecular complexity index is 1050. The van der Waals surface area contributed by atoms with Gasteiger partial charge in [0.25, 0.3) is 0 Å². The Morgan fingerprint density at radius 2 is 1.86 bits per heavy atom. The summed E-state index contributed by atoms with van der Waals surface area (Å²) in [6, 6.07) is 14.5. The van der Waals surface area contributed by atoms with Gasteiger partial charge in [-0.3, -0.25) is 4.68 Å². The van der Waals surface area contributed by atoms with Gasteiger partial charge in [0.05, 0.1) is 29.5 Å². The maximum atomic E-state index is 4.76. The minimum absolute atomic E-state index is 0.0726. The number of hydrogen-bond donors (Lipinski definition) is 0. The maximum Gasteiger partial charge on any atom is 0.115 e. The van der Waals surface area contributed by atoms with Gasteiger partial charge in [-0.2, -0.15) is 5.10 Å². The molecule has 0 unspecified atom stereocenters. The van der Waals surface area contributed by atoms with Gasteiger partial charge in [-0.25, -0.2) is 15.0 Å². The zero-order valence-corrected chi connectivity index (χ0v) is 16.4. The number of benzene rings is 1. The molecule has 0 N–H and O–H groups in total. The van der Waals surface area contributed by atoms with Crippen molar-refractivity contribution in [2.24, 2.45) is 0 Å². The van der Waals surface area contributed by atoms with Gasteiger partial charge in [0.2, 0.25) is 0 Å². The number of imidazole rings is 1. The van der Waals surface area contributed by atoms with Gasteiger partial charge >= 0.3 is 0 Å². The fraction of sp³-hybridized carbons (Fsp3) is 0.273. The highest BCUT2D eigenvalue weighted by molar-refractivity contribution is 5.62. The first kappa shape index (κ1) is 18.1. The molecular weight excluding hydrogens is 348 g/mol. The Morgan fingerprint density at radius 1 is 1.04 bits per heavy atom. The summed E-state index contributed by atoms with van der Waals surface area (Å²) in [6.07, 6.45) is 6.13. The van der Waals surface area contributed by atoms with E-state index in [1.807, 2.05) is 37.5 Å². The third-order valence-electron chi connectivity index (χ3n) is 5.06. The summed E-state index contributed by atoms with van der Waals surface area (Å²) in [5, 5.41) is 4.61. The van der Waals surface area contributed by atoms with Crippen molar-refractivity contribution in [2.45, 2.75) is 39.8 Å². The Hall–Kier alpha value is -3.28. The molecular formula is C22H24N6. The molecule has 3 heterocycles. The summed E-state index contributed by atoms with van der Waals surface area (Å²) in [7, 11) is 0. The summed E-state index contributed by atoms with van der Waals surface area (Å²) in [5.74, 6) is 0. The molecule has 6 nitrogen and oxygen atoms in total. The zero-order chi connectivity index (χ0) is 19.5. The third kappa shape index (κ3) is 3.58. The topological polar surface area (TPSA) is 61.4 Å². The normalized spacial score (nSPS) is 12.2. The van der Waals surface area contributed by atoms with E-state index in [2.05, 4.69) is 56.4 Å². The number of aromatic nitrogens is 6. The fourth-order valence-corrected chi connectivity index (χ4v) is 3.61. The number of aryl methyl sites for hydroxylation is 3. The molecule has 1 atom stereocenters. The average Bonchev–Trinajstić information content (AvgIpc) is 3.29. The molecule has 0 saturated carbocycles. The second kappa shape index (κ2) is 7.76. The first-order chi connectivity index (χ1) is 13.6. The van der Waals surface area contributed by atoms with Crippen LogP contribution in [0.15, 0.2) is 61.3 Å². The van der Waals surface area contributed by atoms with E-state index in [0.717, 1.165) is 35.6 Å².